The quantitative estimate of drug-likeness (QED) is 0.336. The molecular weight excluding hydrogens is 464 g/mol. The number of aromatic nitrogens is 1. The molecule has 1 aromatic heterocycles. The van der Waals surface area contributed by atoms with E-state index in [1.165, 1.54) is 35.5 Å². The molecule has 1 saturated carbocycles. The van der Waals surface area contributed by atoms with E-state index in [1.54, 1.807) is 19.1 Å². The Morgan fingerprint density at radius 1 is 1.27 bits per heavy atom. The van der Waals surface area contributed by atoms with Crippen LogP contribution in [0.25, 0.3) is 5.57 Å². The molecule has 1 aliphatic carbocycles. The van der Waals surface area contributed by atoms with Gasteiger partial charge in [0.15, 0.2) is 0 Å². The van der Waals surface area contributed by atoms with E-state index in [1.807, 2.05) is 0 Å². The molecule has 1 aromatic rings. The van der Waals surface area contributed by atoms with Gasteiger partial charge in [0.25, 0.3) is 5.66 Å². The summed E-state index contributed by atoms with van der Waals surface area (Å²) in [5, 5.41) is 2.79. The summed E-state index contributed by atoms with van der Waals surface area (Å²) in [5.74, 6) is -0.311. The number of amides is 1. The monoisotopic (exact) mass is 487 g/mol. The number of alkyl halides is 5. The highest BCUT2D eigenvalue weighted by molar-refractivity contribution is 7.18. The van der Waals surface area contributed by atoms with Gasteiger partial charge >= 0.3 is 6.18 Å². The van der Waals surface area contributed by atoms with E-state index in [0.717, 1.165) is 6.08 Å². The van der Waals surface area contributed by atoms with E-state index in [9.17, 15) is 26.7 Å². The van der Waals surface area contributed by atoms with E-state index in [-0.39, 0.29) is 17.7 Å². The molecule has 0 bridgehead atoms. The number of allylic oxidation sites excluding steroid dienone is 5. The summed E-state index contributed by atoms with van der Waals surface area (Å²) in [6.07, 6.45) is 1.74. The van der Waals surface area contributed by atoms with Gasteiger partial charge < -0.3 is 10.1 Å². The minimum atomic E-state index is -4.61. The summed E-state index contributed by atoms with van der Waals surface area (Å²) < 4.78 is 71.0. The van der Waals surface area contributed by atoms with Crippen LogP contribution in [0.3, 0.4) is 0 Å². The Bertz CT molecular complexity index is 1080. The van der Waals surface area contributed by atoms with Crippen molar-refractivity contribution in [3.63, 3.8) is 0 Å². The zero-order valence-corrected chi connectivity index (χ0v) is 19.3. The van der Waals surface area contributed by atoms with Crippen molar-refractivity contribution in [2.75, 3.05) is 13.7 Å². The number of nitrogens with one attached hydrogen (secondary N) is 1. The molecular formula is C22H23F5N3O2P. The molecule has 5 nitrogen and oxygen atoms in total. The van der Waals surface area contributed by atoms with Gasteiger partial charge in [0.05, 0.1) is 19.2 Å². The van der Waals surface area contributed by atoms with Gasteiger partial charge in [-0.1, -0.05) is 15.3 Å². The van der Waals surface area contributed by atoms with Crippen molar-refractivity contribution < 1.29 is 31.5 Å². The second kappa shape index (κ2) is 8.97. The SMILES string of the molecule is C/C=C(\C=C(/C)C(F)(F)P)c1ncc(C2(NC(=O)C3=CC(C(F)(F)F)=NC3)CC2)cc1OC. The largest absolute Gasteiger partial charge is 0.494 e. The van der Waals surface area contributed by atoms with Crippen LogP contribution in [0.1, 0.15) is 37.9 Å². The molecule has 0 radical (unpaired) electrons. The topological polar surface area (TPSA) is 63.6 Å². The third-order valence-electron chi connectivity index (χ3n) is 5.52. The van der Waals surface area contributed by atoms with E-state index in [4.69, 9.17) is 4.74 Å². The zero-order chi connectivity index (χ0) is 24.6. The van der Waals surface area contributed by atoms with E-state index >= 15 is 0 Å². The molecule has 178 valence electrons. The second-order valence-corrected chi connectivity index (χ2v) is 8.60. The fourth-order valence-electron chi connectivity index (χ4n) is 3.34. The smallest absolute Gasteiger partial charge is 0.432 e. The number of hydrogen-bond donors (Lipinski definition) is 1. The first-order valence-corrected chi connectivity index (χ1v) is 10.6. The standard InChI is InChI=1S/C22H23F5N3O2P/c1-4-13(7-12(2)22(26,27)33)18-16(32-3)9-15(11-29-18)20(5-6-20)30-19(31)14-8-17(28-10-14)21(23,24)25/h4,7-9,11H,5-6,10,33H2,1-3H3,(H,30,31)/b12-7+,13-4+. The maximum absolute atomic E-state index is 13.6. The molecule has 0 aromatic carbocycles. The number of carbonyl (C=O) groups is 1. The summed E-state index contributed by atoms with van der Waals surface area (Å²) in [5.41, 5.74) is -3.80. The predicted octanol–water partition coefficient (Wildman–Crippen LogP) is 4.96. The summed E-state index contributed by atoms with van der Waals surface area (Å²) in [4.78, 5) is 20.3. The van der Waals surface area contributed by atoms with Crippen molar-refractivity contribution in [3.8, 4) is 5.75 Å². The van der Waals surface area contributed by atoms with Crippen molar-refractivity contribution >= 4 is 26.4 Å². The Morgan fingerprint density at radius 3 is 2.42 bits per heavy atom. The second-order valence-electron chi connectivity index (χ2n) is 7.87. The minimum absolute atomic E-state index is 0.0691. The lowest BCUT2D eigenvalue weighted by molar-refractivity contribution is -0.118. The van der Waals surface area contributed by atoms with E-state index in [0.29, 0.717) is 35.4 Å². The molecule has 2 heterocycles. The van der Waals surface area contributed by atoms with Crippen molar-refractivity contribution in [1.29, 1.82) is 0 Å². The van der Waals surface area contributed by atoms with Crippen LogP contribution in [-0.4, -0.2) is 42.1 Å². The predicted molar refractivity (Wildman–Crippen MR) is 118 cm³/mol. The number of ether oxygens (including phenoxy) is 1. The Balaban J connectivity index is 1.84. The van der Waals surface area contributed by atoms with Crippen LogP contribution in [0.5, 0.6) is 5.75 Å². The lowest BCUT2D eigenvalue weighted by atomic mass is 10.0. The average molecular weight is 487 g/mol. The van der Waals surface area contributed by atoms with Crippen LogP contribution < -0.4 is 10.1 Å². The molecule has 0 spiro atoms. The van der Waals surface area contributed by atoms with Gasteiger partial charge in [-0.3, -0.25) is 14.8 Å². The zero-order valence-electron chi connectivity index (χ0n) is 18.2. The van der Waals surface area contributed by atoms with E-state index in [2.05, 4.69) is 15.3 Å². The first-order chi connectivity index (χ1) is 15.3. The number of nitrogens with zero attached hydrogens (tertiary/aromatic N) is 2. The molecule has 1 unspecified atom stereocenters. The third kappa shape index (κ3) is 5.49. The van der Waals surface area contributed by atoms with Crippen LogP contribution in [0.15, 0.2) is 46.6 Å². The van der Waals surface area contributed by atoms with Gasteiger partial charge in [0.2, 0.25) is 5.91 Å². The first-order valence-electron chi connectivity index (χ1n) is 10.0. The Hall–Kier alpha value is -2.61. The van der Waals surface area contributed by atoms with Crippen LogP contribution in [0.4, 0.5) is 22.0 Å². The Labute approximate surface area is 190 Å². The number of carbonyl (C=O) groups excluding carboxylic acids is 1. The van der Waals surface area contributed by atoms with Crippen molar-refractivity contribution in [1.82, 2.24) is 10.3 Å². The van der Waals surface area contributed by atoms with Crippen LogP contribution in [-0.2, 0) is 10.3 Å². The average Bonchev–Trinajstić information content (AvgIpc) is 3.32. The lowest BCUT2D eigenvalue weighted by Gasteiger charge is -2.20. The highest BCUT2D eigenvalue weighted by atomic mass is 31.0. The van der Waals surface area contributed by atoms with Crippen LogP contribution in [0.2, 0.25) is 0 Å². The summed E-state index contributed by atoms with van der Waals surface area (Å²) in [6, 6.07) is 1.65. The third-order valence-corrected chi connectivity index (χ3v) is 5.98. The van der Waals surface area contributed by atoms with Gasteiger partial charge in [-0.05, 0) is 61.6 Å². The molecule has 0 saturated heterocycles. The van der Waals surface area contributed by atoms with Gasteiger partial charge in [-0.25, -0.2) is 0 Å². The first kappa shape index (κ1) is 25.0. The number of rotatable bonds is 7. The molecule has 2 aliphatic rings. The van der Waals surface area contributed by atoms with Gasteiger partial charge in [-0.2, -0.15) is 22.0 Å². The highest BCUT2D eigenvalue weighted by Gasteiger charge is 2.47. The van der Waals surface area contributed by atoms with Crippen molar-refractivity contribution in [3.05, 3.63) is 52.9 Å². The molecule has 3 rings (SSSR count). The fraction of sp³-hybridized carbons (Fsp3) is 0.409. The molecule has 1 N–H and O–H groups in total. The Kier molecular flexibility index (Phi) is 6.80. The molecule has 1 atom stereocenters. The Morgan fingerprint density at radius 2 is 1.94 bits per heavy atom. The molecule has 1 amide bonds. The minimum Gasteiger partial charge on any atom is -0.494 e. The summed E-state index contributed by atoms with van der Waals surface area (Å²) >= 11 is 0. The lowest BCUT2D eigenvalue weighted by Crippen LogP contribution is -2.36. The number of hydrogen-bond acceptors (Lipinski definition) is 4. The van der Waals surface area contributed by atoms with Crippen molar-refractivity contribution in [2.24, 2.45) is 4.99 Å². The fourth-order valence-corrected chi connectivity index (χ4v) is 3.42. The normalized spacial score (nSPS) is 18.6. The molecule has 11 heteroatoms. The van der Waals surface area contributed by atoms with Gasteiger partial charge in [-0.15, -0.1) is 0 Å². The maximum Gasteiger partial charge on any atom is 0.432 e. The van der Waals surface area contributed by atoms with Gasteiger partial charge in [0.1, 0.15) is 17.2 Å². The summed E-state index contributed by atoms with van der Waals surface area (Å²) in [6.45, 7) is 2.65. The molecule has 1 aliphatic heterocycles. The number of methoxy groups -OCH3 is 1. The van der Waals surface area contributed by atoms with Gasteiger partial charge in [0, 0.05) is 11.8 Å². The number of pyridine rings is 1. The highest BCUT2D eigenvalue weighted by Crippen LogP contribution is 2.47. The van der Waals surface area contributed by atoms with Crippen molar-refractivity contribution in [2.45, 2.75) is 44.1 Å². The van der Waals surface area contributed by atoms with Crippen LogP contribution >= 0.6 is 9.24 Å². The number of halogens is 5. The molecule has 1 fully saturated rings. The molecule has 33 heavy (non-hydrogen) atoms. The van der Waals surface area contributed by atoms with Crippen LogP contribution in [0, 0.1) is 0 Å². The maximum atomic E-state index is 13.6. The van der Waals surface area contributed by atoms with E-state index < -0.39 is 29.0 Å². The number of aliphatic imine (C=N–C) groups is 1. The summed E-state index contributed by atoms with van der Waals surface area (Å²) in [7, 11) is 2.89.